The topological polar surface area (TPSA) is 53.8 Å². The maximum absolute atomic E-state index is 13.2. The van der Waals surface area contributed by atoms with Crippen molar-refractivity contribution in [1.82, 2.24) is 24.5 Å². The number of nitrogens with zero attached hydrogens (tertiary/aromatic N) is 5. The summed E-state index contributed by atoms with van der Waals surface area (Å²) in [7, 11) is 2.22. The SMILES string of the molecule is C=CCn1nc(C(=O)N2CCOCC2)c2c1CC[C@H](N(C)CCN(CC)CC)C2. The van der Waals surface area contributed by atoms with Gasteiger partial charge in [0, 0.05) is 43.5 Å². The molecule has 0 aromatic carbocycles. The molecule has 0 radical (unpaired) electrons. The first-order valence-electron chi connectivity index (χ1n) is 11.1. The van der Waals surface area contributed by atoms with Crippen LogP contribution in [-0.4, -0.2) is 96.0 Å². The van der Waals surface area contributed by atoms with Crippen molar-refractivity contribution >= 4 is 5.91 Å². The third-order valence-corrected chi connectivity index (χ3v) is 6.41. The lowest BCUT2D eigenvalue weighted by Crippen LogP contribution is -2.43. The summed E-state index contributed by atoms with van der Waals surface area (Å²) in [6, 6.07) is 0.454. The second kappa shape index (κ2) is 10.4. The average molecular weight is 404 g/mol. The summed E-state index contributed by atoms with van der Waals surface area (Å²) in [6.07, 6.45) is 4.83. The molecule has 1 aliphatic heterocycles. The first-order chi connectivity index (χ1) is 14.1. The van der Waals surface area contributed by atoms with Crippen LogP contribution in [0.3, 0.4) is 0 Å². The van der Waals surface area contributed by atoms with Crippen molar-refractivity contribution < 1.29 is 9.53 Å². The summed E-state index contributed by atoms with van der Waals surface area (Å²) >= 11 is 0. The van der Waals surface area contributed by atoms with Gasteiger partial charge in [-0.15, -0.1) is 6.58 Å². The highest BCUT2D eigenvalue weighted by molar-refractivity contribution is 5.94. The predicted molar refractivity (Wildman–Crippen MR) is 115 cm³/mol. The zero-order valence-electron chi connectivity index (χ0n) is 18.4. The summed E-state index contributed by atoms with van der Waals surface area (Å²) < 4.78 is 7.40. The number of ether oxygens (including phenoxy) is 1. The van der Waals surface area contributed by atoms with Gasteiger partial charge >= 0.3 is 0 Å². The van der Waals surface area contributed by atoms with E-state index in [9.17, 15) is 4.79 Å². The first kappa shape index (κ1) is 22.0. The van der Waals surface area contributed by atoms with E-state index in [4.69, 9.17) is 9.84 Å². The molecular weight excluding hydrogens is 366 g/mol. The van der Waals surface area contributed by atoms with Gasteiger partial charge in [0.05, 0.1) is 19.8 Å². The molecule has 0 spiro atoms. The molecule has 2 aliphatic rings. The molecule has 1 amide bonds. The van der Waals surface area contributed by atoms with E-state index in [0.717, 1.165) is 51.0 Å². The van der Waals surface area contributed by atoms with Crippen LogP contribution in [0.4, 0.5) is 0 Å². The van der Waals surface area contributed by atoms with Gasteiger partial charge in [-0.25, -0.2) is 0 Å². The van der Waals surface area contributed by atoms with Crippen LogP contribution in [0.2, 0.25) is 0 Å². The van der Waals surface area contributed by atoms with Crippen molar-refractivity contribution in [1.29, 1.82) is 0 Å². The van der Waals surface area contributed by atoms with E-state index in [1.54, 1.807) is 0 Å². The molecular formula is C22H37N5O2. The molecule has 162 valence electrons. The molecule has 0 unspecified atom stereocenters. The number of morpholine rings is 1. The van der Waals surface area contributed by atoms with Crippen LogP contribution in [0.15, 0.2) is 12.7 Å². The van der Waals surface area contributed by atoms with Crippen LogP contribution in [0.25, 0.3) is 0 Å². The predicted octanol–water partition coefficient (Wildman–Crippen LogP) is 1.67. The molecule has 1 saturated heterocycles. The third-order valence-electron chi connectivity index (χ3n) is 6.41. The smallest absolute Gasteiger partial charge is 0.274 e. The van der Waals surface area contributed by atoms with Crippen molar-refractivity contribution in [2.75, 3.05) is 59.5 Å². The van der Waals surface area contributed by atoms with Crippen molar-refractivity contribution in [3.8, 4) is 0 Å². The van der Waals surface area contributed by atoms with Crippen molar-refractivity contribution in [2.45, 2.75) is 45.7 Å². The summed E-state index contributed by atoms with van der Waals surface area (Å²) in [5.74, 6) is 0.0545. The highest BCUT2D eigenvalue weighted by Crippen LogP contribution is 2.28. The molecule has 1 aliphatic carbocycles. The fourth-order valence-electron chi connectivity index (χ4n) is 4.43. The molecule has 29 heavy (non-hydrogen) atoms. The van der Waals surface area contributed by atoms with Gasteiger partial charge in [0.25, 0.3) is 5.91 Å². The number of fused-ring (bicyclic) bond motifs is 1. The molecule has 0 saturated carbocycles. The van der Waals surface area contributed by atoms with Gasteiger partial charge in [-0.2, -0.15) is 5.10 Å². The Morgan fingerprint density at radius 1 is 1.28 bits per heavy atom. The number of amides is 1. The van der Waals surface area contributed by atoms with Crippen LogP contribution < -0.4 is 0 Å². The number of carbonyl (C=O) groups excluding carboxylic acids is 1. The van der Waals surface area contributed by atoms with Gasteiger partial charge in [0.2, 0.25) is 0 Å². The van der Waals surface area contributed by atoms with Crippen LogP contribution in [-0.2, 0) is 24.1 Å². The van der Waals surface area contributed by atoms with Crippen LogP contribution >= 0.6 is 0 Å². The fourth-order valence-corrected chi connectivity index (χ4v) is 4.43. The summed E-state index contributed by atoms with van der Waals surface area (Å²) in [4.78, 5) is 20.0. The fraction of sp³-hybridized carbons (Fsp3) is 0.727. The largest absolute Gasteiger partial charge is 0.378 e. The first-order valence-corrected chi connectivity index (χ1v) is 11.1. The second-order valence-corrected chi connectivity index (χ2v) is 8.05. The Kier molecular flexibility index (Phi) is 7.86. The molecule has 7 nitrogen and oxygen atoms in total. The Morgan fingerprint density at radius 2 is 2.00 bits per heavy atom. The molecule has 1 aromatic heterocycles. The minimum atomic E-state index is 0.0545. The molecule has 3 rings (SSSR count). The Bertz CT molecular complexity index is 692. The molecule has 0 bridgehead atoms. The molecule has 1 aromatic rings. The van der Waals surface area contributed by atoms with E-state index < -0.39 is 0 Å². The van der Waals surface area contributed by atoms with E-state index >= 15 is 0 Å². The summed E-state index contributed by atoms with van der Waals surface area (Å²) in [6.45, 7) is 15.8. The Hall–Kier alpha value is -1.70. The van der Waals surface area contributed by atoms with E-state index in [0.29, 0.717) is 44.6 Å². The number of carbonyl (C=O) groups is 1. The van der Waals surface area contributed by atoms with Gasteiger partial charge in [-0.1, -0.05) is 19.9 Å². The normalized spacial score (nSPS) is 19.6. The maximum atomic E-state index is 13.2. The summed E-state index contributed by atoms with van der Waals surface area (Å²) in [5, 5.41) is 4.74. The Labute approximate surface area is 175 Å². The number of aromatic nitrogens is 2. The average Bonchev–Trinajstić information content (AvgIpc) is 3.12. The highest BCUT2D eigenvalue weighted by atomic mass is 16.5. The van der Waals surface area contributed by atoms with Gasteiger partial charge in [0.1, 0.15) is 0 Å². The number of allylic oxidation sites excluding steroid dienone is 1. The lowest BCUT2D eigenvalue weighted by molar-refractivity contribution is 0.0297. The summed E-state index contributed by atoms with van der Waals surface area (Å²) in [5.41, 5.74) is 3.01. The standard InChI is InChI=1S/C22H37N5O2/c1-5-10-27-20-9-8-18(24(4)11-12-25(6-2)7-3)17-19(20)21(23-27)22(28)26-13-15-29-16-14-26/h5,18H,1,6-17H2,2-4H3/t18-/m0/s1. The Morgan fingerprint density at radius 3 is 2.66 bits per heavy atom. The monoisotopic (exact) mass is 403 g/mol. The van der Waals surface area contributed by atoms with E-state index in [1.807, 2.05) is 15.7 Å². The lowest BCUT2D eigenvalue weighted by atomic mass is 9.90. The van der Waals surface area contributed by atoms with Crippen LogP contribution in [0.5, 0.6) is 0 Å². The zero-order chi connectivity index (χ0) is 20.8. The zero-order valence-corrected chi connectivity index (χ0v) is 18.4. The quantitative estimate of drug-likeness (QED) is 0.587. The van der Waals surface area contributed by atoms with Gasteiger partial charge in [-0.05, 0) is 39.4 Å². The van der Waals surface area contributed by atoms with Crippen molar-refractivity contribution in [3.63, 3.8) is 0 Å². The molecule has 7 heteroatoms. The lowest BCUT2D eigenvalue weighted by Gasteiger charge is -2.33. The van der Waals surface area contributed by atoms with Gasteiger partial charge in [-0.3, -0.25) is 9.48 Å². The van der Waals surface area contributed by atoms with Crippen LogP contribution in [0.1, 0.15) is 42.0 Å². The van der Waals surface area contributed by atoms with E-state index in [2.05, 4.69) is 37.3 Å². The van der Waals surface area contributed by atoms with Crippen molar-refractivity contribution in [3.05, 3.63) is 29.6 Å². The van der Waals surface area contributed by atoms with Gasteiger partial charge in [0.15, 0.2) is 5.69 Å². The van der Waals surface area contributed by atoms with Crippen LogP contribution in [0, 0.1) is 0 Å². The van der Waals surface area contributed by atoms with Gasteiger partial charge < -0.3 is 19.4 Å². The van der Waals surface area contributed by atoms with Crippen molar-refractivity contribution in [2.24, 2.45) is 0 Å². The number of likely N-dealkylation sites (N-methyl/N-ethyl adjacent to an activating group) is 2. The Balaban J connectivity index is 1.76. The molecule has 0 N–H and O–H groups in total. The number of hydrogen-bond acceptors (Lipinski definition) is 5. The highest BCUT2D eigenvalue weighted by Gasteiger charge is 2.32. The van der Waals surface area contributed by atoms with E-state index in [1.165, 1.54) is 5.69 Å². The number of rotatable bonds is 9. The minimum Gasteiger partial charge on any atom is -0.378 e. The third kappa shape index (κ3) is 5.08. The second-order valence-electron chi connectivity index (χ2n) is 8.05. The van der Waals surface area contributed by atoms with E-state index in [-0.39, 0.29) is 5.91 Å². The maximum Gasteiger partial charge on any atom is 0.274 e. The molecule has 1 atom stereocenters. The molecule has 1 fully saturated rings. The minimum absolute atomic E-state index is 0.0545. The number of hydrogen-bond donors (Lipinski definition) is 0. The molecule has 2 heterocycles.